The van der Waals surface area contributed by atoms with Crippen molar-refractivity contribution in [3.05, 3.63) is 65.4 Å². The second-order valence-corrected chi connectivity index (χ2v) is 13.6. The summed E-state index contributed by atoms with van der Waals surface area (Å²) in [6, 6.07) is 15.7. The van der Waals surface area contributed by atoms with Gasteiger partial charge in [0.1, 0.15) is 0 Å². The maximum atomic E-state index is 13.2. The lowest BCUT2D eigenvalue weighted by Gasteiger charge is -2.35. The van der Waals surface area contributed by atoms with Crippen LogP contribution in [0, 0.1) is 6.92 Å². The minimum absolute atomic E-state index is 0.0279. The van der Waals surface area contributed by atoms with E-state index in [9.17, 15) is 18.0 Å². The fourth-order valence-electron chi connectivity index (χ4n) is 4.83. The van der Waals surface area contributed by atoms with Gasteiger partial charge in [0.15, 0.2) is 9.34 Å². The maximum Gasteiger partial charge on any atom is 0.410 e. The van der Waals surface area contributed by atoms with Gasteiger partial charge >= 0.3 is 6.09 Å². The maximum absolute atomic E-state index is 13.2. The minimum atomic E-state index is -3.79. The quantitative estimate of drug-likeness (QED) is 0.322. The molecule has 13 heteroatoms. The monoisotopic (exact) mass is 600 g/mol. The number of hydrogen-bond donors (Lipinski definition) is 3. The first-order valence-corrected chi connectivity index (χ1v) is 15.5. The highest BCUT2D eigenvalue weighted by atomic mass is 32.2. The van der Waals surface area contributed by atoms with E-state index in [0.29, 0.717) is 25.2 Å². The largest absolute Gasteiger partial charge is 0.465 e. The topological polar surface area (TPSA) is 135 Å². The Labute approximate surface area is 244 Å². The van der Waals surface area contributed by atoms with Crippen molar-refractivity contribution in [3.63, 3.8) is 0 Å². The summed E-state index contributed by atoms with van der Waals surface area (Å²) in [4.78, 5) is 32.2. The molecular formula is C28H36N6O5S2. The lowest BCUT2D eigenvalue weighted by Crippen LogP contribution is -2.52. The molecule has 0 saturated carbocycles. The minimum Gasteiger partial charge on any atom is -0.465 e. The standard InChI is InChI=1S/C28H36N6O5S2/c1-19(29-25(35)24-10-6-9-23(16-24)22-8-5-7-21(15-22)18-32(3)4)17-33-11-13-34(14-12-33)41(38,39)26-20(2)30-27(40-26)31-28(36)37/h5-10,15-16,19H,11-14,17-18H2,1-4H3,(H,29,35)(H,30,31)(H,36,37)/t19-/m0/s1. The fourth-order valence-corrected chi connectivity index (χ4v) is 7.79. The van der Waals surface area contributed by atoms with E-state index in [1.807, 2.05) is 51.4 Å². The molecule has 1 saturated heterocycles. The van der Waals surface area contributed by atoms with Gasteiger partial charge in [-0.2, -0.15) is 4.31 Å². The van der Waals surface area contributed by atoms with Crippen LogP contribution in [0.25, 0.3) is 11.1 Å². The van der Waals surface area contributed by atoms with E-state index in [1.54, 1.807) is 13.0 Å². The SMILES string of the molecule is Cc1nc(NC(=O)O)sc1S(=O)(=O)N1CCN(C[C@H](C)NC(=O)c2cccc(-c3cccc(CN(C)C)c3)c2)CC1. The van der Waals surface area contributed by atoms with E-state index in [2.05, 4.69) is 37.6 Å². The average molecular weight is 601 g/mol. The summed E-state index contributed by atoms with van der Waals surface area (Å²) < 4.78 is 27.8. The molecule has 1 aliphatic heterocycles. The number of benzene rings is 2. The Hall–Kier alpha value is -3.36. The van der Waals surface area contributed by atoms with Crippen LogP contribution in [-0.2, 0) is 16.6 Å². The van der Waals surface area contributed by atoms with Crippen molar-refractivity contribution >= 4 is 38.5 Å². The first-order valence-electron chi connectivity index (χ1n) is 13.3. The predicted molar refractivity (Wildman–Crippen MR) is 160 cm³/mol. The third-order valence-corrected chi connectivity index (χ3v) is 10.2. The summed E-state index contributed by atoms with van der Waals surface area (Å²) in [6.45, 7) is 6.50. The van der Waals surface area contributed by atoms with Gasteiger partial charge in [0.2, 0.25) is 0 Å². The molecule has 0 spiro atoms. The van der Waals surface area contributed by atoms with E-state index >= 15 is 0 Å². The molecule has 2 amide bonds. The molecule has 11 nitrogen and oxygen atoms in total. The van der Waals surface area contributed by atoms with Gasteiger partial charge in [0.05, 0.1) is 5.69 Å². The molecule has 4 rings (SSSR count). The Morgan fingerprint density at radius 3 is 2.39 bits per heavy atom. The van der Waals surface area contributed by atoms with E-state index in [0.717, 1.165) is 29.0 Å². The normalized spacial score (nSPS) is 15.5. The van der Waals surface area contributed by atoms with Crippen LogP contribution in [0.5, 0.6) is 0 Å². The number of aryl methyl sites for hydroxylation is 1. The van der Waals surface area contributed by atoms with Gasteiger partial charge in [-0.15, -0.1) is 0 Å². The molecule has 0 bridgehead atoms. The summed E-state index contributed by atoms with van der Waals surface area (Å²) in [7, 11) is 0.268. The Balaban J connectivity index is 1.32. The van der Waals surface area contributed by atoms with Crippen molar-refractivity contribution in [2.75, 3.05) is 52.1 Å². The van der Waals surface area contributed by atoms with Crippen molar-refractivity contribution in [2.45, 2.75) is 30.6 Å². The number of rotatable bonds is 10. The van der Waals surface area contributed by atoms with Crippen LogP contribution in [0.2, 0.25) is 0 Å². The number of nitrogens with zero attached hydrogens (tertiary/aromatic N) is 4. The molecule has 41 heavy (non-hydrogen) atoms. The van der Waals surface area contributed by atoms with Crippen LogP contribution in [0.4, 0.5) is 9.93 Å². The van der Waals surface area contributed by atoms with Gasteiger partial charge in [-0.25, -0.2) is 18.2 Å². The molecule has 0 aliphatic carbocycles. The molecule has 0 unspecified atom stereocenters. The van der Waals surface area contributed by atoms with Gasteiger partial charge < -0.3 is 15.3 Å². The van der Waals surface area contributed by atoms with Crippen LogP contribution in [0.15, 0.2) is 52.7 Å². The van der Waals surface area contributed by atoms with Gasteiger partial charge in [0.25, 0.3) is 15.9 Å². The highest BCUT2D eigenvalue weighted by molar-refractivity contribution is 7.91. The summed E-state index contributed by atoms with van der Waals surface area (Å²) in [5.74, 6) is -0.156. The zero-order chi connectivity index (χ0) is 29.7. The van der Waals surface area contributed by atoms with E-state index in [1.165, 1.54) is 9.87 Å². The first kappa shape index (κ1) is 30.6. The van der Waals surface area contributed by atoms with Gasteiger partial charge in [-0.05, 0) is 62.8 Å². The Bertz CT molecular complexity index is 1500. The first-order chi connectivity index (χ1) is 19.4. The highest BCUT2D eigenvalue weighted by Gasteiger charge is 2.32. The molecule has 1 fully saturated rings. The van der Waals surface area contributed by atoms with E-state index < -0.39 is 16.1 Å². The van der Waals surface area contributed by atoms with Gasteiger partial charge in [-0.1, -0.05) is 41.7 Å². The number of amides is 2. The second kappa shape index (κ2) is 13.1. The van der Waals surface area contributed by atoms with Crippen LogP contribution in [0.1, 0.15) is 28.5 Å². The lowest BCUT2D eigenvalue weighted by atomic mass is 10.0. The molecule has 1 aromatic heterocycles. The third-order valence-electron chi connectivity index (χ3n) is 6.67. The Kier molecular flexibility index (Phi) is 9.76. The number of thiazole rings is 1. The molecule has 2 aromatic carbocycles. The Morgan fingerprint density at radius 2 is 1.73 bits per heavy atom. The van der Waals surface area contributed by atoms with Gasteiger partial charge in [0, 0.05) is 50.9 Å². The molecule has 1 aliphatic rings. The number of hydrogen-bond acceptors (Lipinski definition) is 8. The number of nitrogens with one attached hydrogen (secondary N) is 2. The zero-order valence-corrected chi connectivity index (χ0v) is 25.3. The molecule has 0 radical (unpaired) electrons. The number of aromatic nitrogens is 1. The highest BCUT2D eigenvalue weighted by Crippen LogP contribution is 2.30. The summed E-state index contributed by atoms with van der Waals surface area (Å²) in [5, 5.41) is 14.1. The Morgan fingerprint density at radius 1 is 1.07 bits per heavy atom. The fraction of sp³-hybridized carbons (Fsp3) is 0.393. The van der Waals surface area contributed by atoms with E-state index in [-0.39, 0.29) is 40.1 Å². The van der Waals surface area contributed by atoms with Crippen molar-refractivity contribution in [1.82, 2.24) is 24.4 Å². The smallest absolute Gasteiger partial charge is 0.410 e. The van der Waals surface area contributed by atoms with Crippen molar-refractivity contribution < 1.29 is 23.1 Å². The average Bonchev–Trinajstić information content (AvgIpc) is 3.28. The van der Waals surface area contributed by atoms with E-state index in [4.69, 9.17) is 5.11 Å². The zero-order valence-electron chi connectivity index (χ0n) is 23.6. The van der Waals surface area contributed by atoms with Crippen LogP contribution in [0.3, 0.4) is 0 Å². The molecular weight excluding hydrogens is 564 g/mol. The molecule has 2 heterocycles. The number of carboxylic acid groups (broad SMARTS) is 1. The number of carbonyl (C=O) groups excluding carboxylic acids is 1. The molecule has 220 valence electrons. The number of sulfonamides is 1. The summed E-state index contributed by atoms with van der Waals surface area (Å²) in [5.41, 5.74) is 4.09. The third kappa shape index (κ3) is 7.89. The second-order valence-electron chi connectivity index (χ2n) is 10.4. The van der Waals surface area contributed by atoms with Crippen LogP contribution >= 0.6 is 11.3 Å². The number of anilines is 1. The van der Waals surface area contributed by atoms with Crippen molar-refractivity contribution in [1.29, 1.82) is 0 Å². The molecule has 1 atom stereocenters. The lowest BCUT2D eigenvalue weighted by molar-refractivity contribution is 0.0922. The van der Waals surface area contributed by atoms with Crippen LogP contribution < -0.4 is 10.6 Å². The number of carbonyl (C=O) groups is 2. The predicted octanol–water partition coefficient (Wildman–Crippen LogP) is 3.39. The summed E-state index contributed by atoms with van der Waals surface area (Å²) in [6.07, 6.45) is -1.30. The van der Waals surface area contributed by atoms with Gasteiger partial charge in [-0.3, -0.25) is 15.0 Å². The van der Waals surface area contributed by atoms with Crippen molar-refractivity contribution in [2.24, 2.45) is 0 Å². The van der Waals surface area contributed by atoms with Crippen molar-refractivity contribution in [3.8, 4) is 11.1 Å². The molecule has 3 N–H and O–H groups in total. The summed E-state index contributed by atoms with van der Waals surface area (Å²) >= 11 is 0.811. The molecule has 3 aromatic rings. The van der Waals surface area contributed by atoms with Crippen LogP contribution in [-0.4, -0.2) is 97.5 Å². The number of piperazine rings is 1.